The molecule has 1 unspecified atom stereocenters. The highest BCUT2D eigenvalue weighted by atomic mass is 32.2. The Hall–Kier alpha value is -1.20. The van der Waals surface area contributed by atoms with Gasteiger partial charge in [0.25, 0.3) is 0 Å². The van der Waals surface area contributed by atoms with Crippen molar-refractivity contribution in [2.45, 2.75) is 31.5 Å². The molecular formula is C16H21NO3S. The lowest BCUT2D eigenvalue weighted by molar-refractivity contribution is -0.0201. The Balaban J connectivity index is 1.69. The smallest absolute Gasteiger partial charge is 0.412 e. The zero-order chi connectivity index (χ0) is 14.7. The maximum atomic E-state index is 12.0. The van der Waals surface area contributed by atoms with E-state index in [4.69, 9.17) is 4.74 Å². The summed E-state index contributed by atoms with van der Waals surface area (Å²) in [4.78, 5) is 13.6. The van der Waals surface area contributed by atoms with E-state index in [1.165, 1.54) is 0 Å². The highest BCUT2D eigenvalue weighted by molar-refractivity contribution is 7.99. The van der Waals surface area contributed by atoms with Crippen LogP contribution in [0.2, 0.25) is 0 Å². The third-order valence-corrected chi connectivity index (χ3v) is 5.46. The molecule has 0 aliphatic carbocycles. The Morgan fingerprint density at radius 1 is 1.38 bits per heavy atom. The predicted molar refractivity (Wildman–Crippen MR) is 83.2 cm³/mol. The molecular weight excluding hydrogens is 286 g/mol. The third kappa shape index (κ3) is 3.35. The Morgan fingerprint density at radius 2 is 2.19 bits per heavy atom. The number of hydrogen-bond acceptors (Lipinski definition) is 4. The maximum Gasteiger partial charge on any atom is 0.412 e. The monoisotopic (exact) mass is 307 g/mol. The van der Waals surface area contributed by atoms with Gasteiger partial charge in [0, 0.05) is 11.7 Å². The number of nitrogens with zero attached hydrogens (tertiary/aromatic N) is 1. The van der Waals surface area contributed by atoms with Gasteiger partial charge in [-0.15, -0.1) is 0 Å². The van der Waals surface area contributed by atoms with Gasteiger partial charge in [0.2, 0.25) is 0 Å². The van der Waals surface area contributed by atoms with E-state index in [0.717, 1.165) is 36.3 Å². The minimum absolute atomic E-state index is 0.0678. The van der Waals surface area contributed by atoms with Gasteiger partial charge < -0.3 is 9.84 Å². The summed E-state index contributed by atoms with van der Waals surface area (Å²) in [5.74, 6) is 2.23. The number of hydrogen-bond donors (Lipinski definition) is 1. The van der Waals surface area contributed by atoms with E-state index < -0.39 is 6.23 Å². The summed E-state index contributed by atoms with van der Waals surface area (Å²) < 4.78 is 5.18. The third-order valence-electron chi connectivity index (χ3n) is 4.22. The van der Waals surface area contributed by atoms with Crippen LogP contribution < -0.4 is 0 Å². The van der Waals surface area contributed by atoms with Gasteiger partial charge in [0.15, 0.2) is 0 Å². The Bertz CT molecular complexity index is 476. The molecule has 2 fully saturated rings. The van der Waals surface area contributed by atoms with Crippen molar-refractivity contribution in [2.24, 2.45) is 5.92 Å². The lowest BCUT2D eigenvalue weighted by Gasteiger charge is -2.34. The van der Waals surface area contributed by atoms with E-state index in [9.17, 15) is 9.90 Å². The molecule has 3 atom stereocenters. The highest BCUT2D eigenvalue weighted by Gasteiger charge is 2.40. The van der Waals surface area contributed by atoms with Gasteiger partial charge in [-0.3, -0.25) is 4.90 Å². The molecule has 0 radical (unpaired) electrons. The molecule has 5 heteroatoms. The first-order valence-electron chi connectivity index (χ1n) is 7.50. The van der Waals surface area contributed by atoms with Gasteiger partial charge in [-0.2, -0.15) is 11.8 Å². The van der Waals surface area contributed by atoms with E-state index in [0.29, 0.717) is 6.61 Å². The second-order valence-corrected chi connectivity index (χ2v) is 6.87. The molecule has 2 saturated heterocycles. The maximum absolute atomic E-state index is 12.0. The quantitative estimate of drug-likeness (QED) is 0.928. The second kappa shape index (κ2) is 6.71. The van der Waals surface area contributed by atoms with Gasteiger partial charge in [-0.25, -0.2) is 4.79 Å². The number of thioether (sulfide) groups is 1. The number of benzene rings is 1. The number of ether oxygens (including phenoxy) is 1. The fraction of sp³-hybridized carbons (Fsp3) is 0.562. The molecule has 1 amide bonds. The molecule has 0 bridgehead atoms. The van der Waals surface area contributed by atoms with Crippen molar-refractivity contribution in [1.82, 2.24) is 4.90 Å². The number of cyclic esters (lactones) is 1. The normalized spacial score (nSPS) is 27.5. The first kappa shape index (κ1) is 14.7. The number of aliphatic hydroxyl groups is 1. The van der Waals surface area contributed by atoms with Crippen molar-refractivity contribution >= 4 is 17.9 Å². The molecule has 2 aliphatic rings. The van der Waals surface area contributed by atoms with E-state index in [-0.39, 0.29) is 18.1 Å². The topological polar surface area (TPSA) is 49.8 Å². The zero-order valence-electron chi connectivity index (χ0n) is 12.0. The Morgan fingerprint density at radius 3 is 2.90 bits per heavy atom. The molecule has 1 aromatic rings. The van der Waals surface area contributed by atoms with Crippen molar-refractivity contribution in [2.75, 3.05) is 18.1 Å². The molecule has 4 nitrogen and oxygen atoms in total. The first-order valence-corrected chi connectivity index (χ1v) is 8.66. The molecule has 2 heterocycles. The molecule has 1 aromatic carbocycles. The van der Waals surface area contributed by atoms with Crippen molar-refractivity contribution in [3.8, 4) is 0 Å². The minimum atomic E-state index is -0.721. The summed E-state index contributed by atoms with van der Waals surface area (Å²) in [5.41, 5.74) is 1.16. The minimum Gasteiger partial charge on any atom is -0.447 e. The molecule has 0 spiro atoms. The molecule has 0 aromatic heterocycles. The van der Waals surface area contributed by atoms with Crippen molar-refractivity contribution in [1.29, 1.82) is 0 Å². The van der Waals surface area contributed by atoms with Crippen molar-refractivity contribution in [3.63, 3.8) is 0 Å². The van der Waals surface area contributed by atoms with Crippen molar-refractivity contribution < 1.29 is 14.6 Å². The second-order valence-electron chi connectivity index (χ2n) is 5.72. The number of rotatable bonds is 4. The number of amides is 1. The molecule has 1 N–H and O–H groups in total. The molecule has 3 rings (SSSR count). The molecule has 114 valence electrons. The van der Waals surface area contributed by atoms with Crippen LogP contribution >= 0.6 is 11.8 Å². The summed E-state index contributed by atoms with van der Waals surface area (Å²) in [6.45, 7) is 0.366. The summed E-state index contributed by atoms with van der Waals surface area (Å²) in [7, 11) is 0. The van der Waals surface area contributed by atoms with Crippen LogP contribution in [0.1, 0.15) is 18.4 Å². The van der Waals surface area contributed by atoms with Gasteiger partial charge >= 0.3 is 6.09 Å². The van der Waals surface area contributed by atoms with Crippen LogP contribution in [0, 0.1) is 5.92 Å². The predicted octanol–water partition coefficient (Wildman–Crippen LogP) is 2.51. The van der Waals surface area contributed by atoms with Crippen LogP contribution in [-0.2, 0) is 11.2 Å². The molecule has 21 heavy (non-hydrogen) atoms. The lowest BCUT2D eigenvalue weighted by Crippen LogP contribution is -2.48. The average molecular weight is 307 g/mol. The van der Waals surface area contributed by atoms with Crippen LogP contribution in [0.15, 0.2) is 30.3 Å². The first-order chi connectivity index (χ1) is 10.3. The van der Waals surface area contributed by atoms with E-state index in [1.807, 2.05) is 42.1 Å². The molecule has 0 saturated carbocycles. The summed E-state index contributed by atoms with van der Waals surface area (Å²) in [5, 5.41) is 10.6. The fourth-order valence-corrected chi connectivity index (χ4v) is 4.25. The van der Waals surface area contributed by atoms with Gasteiger partial charge in [0.05, 0.1) is 6.04 Å². The van der Waals surface area contributed by atoms with Crippen LogP contribution in [-0.4, -0.2) is 46.5 Å². The summed E-state index contributed by atoms with van der Waals surface area (Å²) in [6, 6.07) is 9.98. The zero-order valence-corrected chi connectivity index (χ0v) is 12.8. The van der Waals surface area contributed by atoms with Crippen LogP contribution in [0.4, 0.5) is 4.79 Å². The number of carbonyl (C=O) groups is 1. The Kier molecular flexibility index (Phi) is 4.70. The van der Waals surface area contributed by atoms with Crippen LogP contribution in [0.25, 0.3) is 0 Å². The highest BCUT2D eigenvalue weighted by Crippen LogP contribution is 2.30. The number of carbonyl (C=O) groups excluding carboxylic acids is 1. The van der Waals surface area contributed by atoms with Crippen molar-refractivity contribution in [3.05, 3.63) is 35.9 Å². The summed E-state index contributed by atoms with van der Waals surface area (Å²) >= 11 is 1.86. The number of aliphatic hydroxyl groups excluding tert-OH is 1. The van der Waals surface area contributed by atoms with Gasteiger partial charge in [-0.1, -0.05) is 30.3 Å². The lowest BCUT2D eigenvalue weighted by atomic mass is 10.00. The van der Waals surface area contributed by atoms with Gasteiger partial charge in [0.1, 0.15) is 12.8 Å². The largest absolute Gasteiger partial charge is 0.447 e. The fourth-order valence-electron chi connectivity index (χ4n) is 3.07. The van der Waals surface area contributed by atoms with E-state index >= 15 is 0 Å². The SMILES string of the molecule is O=C1OC[C@@H](Cc2ccccc2)N1C(O)[C@@H]1CCCSC1. The van der Waals surface area contributed by atoms with Crippen LogP contribution in [0.3, 0.4) is 0 Å². The summed E-state index contributed by atoms with van der Waals surface area (Å²) in [6.07, 6.45) is 1.72. The standard InChI is InChI=1S/C16H21NO3S/c18-15(13-7-4-8-21-11-13)17-14(10-20-16(17)19)9-12-5-2-1-3-6-12/h1-3,5-6,13-15,18H,4,7-11H2/t13-,14-,15?/m1/s1. The average Bonchev–Trinajstić information content (AvgIpc) is 2.89. The van der Waals surface area contributed by atoms with Crippen LogP contribution in [0.5, 0.6) is 0 Å². The van der Waals surface area contributed by atoms with Gasteiger partial charge in [-0.05, 0) is 30.6 Å². The molecule has 2 aliphatic heterocycles. The van der Waals surface area contributed by atoms with E-state index in [2.05, 4.69) is 0 Å². The van der Waals surface area contributed by atoms with E-state index in [1.54, 1.807) is 4.90 Å². The Labute approximate surface area is 129 Å².